The highest BCUT2D eigenvalue weighted by Crippen LogP contribution is 2.33. The molecule has 2 aliphatic rings. The number of aliphatic hydroxyl groups excluding tert-OH is 2. The maximum Gasteiger partial charge on any atom is 0.167 e. The van der Waals surface area contributed by atoms with Crippen LogP contribution in [0.15, 0.2) is 12.7 Å². The third kappa shape index (κ3) is 2.53. The summed E-state index contributed by atoms with van der Waals surface area (Å²) in [6.45, 7) is 3.28. The molecule has 4 heterocycles. The highest BCUT2D eigenvalue weighted by molar-refractivity contribution is 5.82. The summed E-state index contributed by atoms with van der Waals surface area (Å²) in [6, 6.07) is 0.202. The van der Waals surface area contributed by atoms with Crippen LogP contribution in [0.4, 0.5) is 5.82 Å². The molecule has 4 rings (SSSR count). The Morgan fingerprint density at radius 3 is 2.88 bits per heavy atom. The zero-order valence-electron chi connectivity index (χ0n) is 13.4. The Morgan fingerprint density at radius 2 is 2.17 bits per heavy atom. The summed E-state index contributed by atoms with van der Waals surface area (Å²) in [6.07, 6.45) is 1.48. The second-order valence-electron chi connectivity index (χ2n) is 6.21. The summed E-state index contributed by atoms with van der Waals surface area (Å²) in [5, 5.41) is 23.7. The minimum atomic E-state index is -1.03. The van der Waals surface area contributed by atoms with E-state index in [1.54, 1.807) is 10.9 Å². The third-order valence-corrected chi connectivity index (χ3v) is 4.64. The van der Waals surface area contributed by atoms with Crippen molar-refractivity contribution in [1.82, 2.24) is 19.5 Å². The van der Waals surface area contributed by atoms with Gasteiger partial charge in [0.1, 0.15) is 18.5 Å². The number of imidazole rings is 1. The topological polar surface area (TPSA) is 115 Å². The largest absolute Gasteiger partial charge is 0.388 e. The Morgan fingerprint density at radius 1 is 1.29 bits per heavy atom. The van der Waals surface area contributed by atoms with Gasteiger partial charge in [0.25, 0.3) is 0 Å². The SMILES string of the molecule is CC[C@@H]1O[C@H](n2cnc3c(N[C@@H]4CCOC4)ncnc32)[C@@H](O)[C@H]1O. The Hall–Kier alpha value is -1.81. The third-order valence-electron chi connectivity index (χ3n) is 4.64. The van der Waals surface area contributed by atoms with Gasteiger partial charge in [0.2, 0.25) is 0 Å². The van der Waals surface area contributed by atoms with Crippen LogP contribution >= 0.6 is 0 Å². The second kappa shape index (κ2) is 6.25. The molecule has 2 saturated heterocycles. The molecule has 24 heavy (non-hydrogen) atoms. The quantitative estimate of drug-likeness (QED) is 0.718. The molecule has 2 aromatic heterocycles. The molecule has 0 spiro atoms. The smallest absolute Gasteiger partial charge is 0.167 e. The van der Waals surface area contributed by atoms with Crippen molar-refractivity contribution in [2.75, 3.05) is 18.5 Å². The van der Waals surface area contributed by atoms with Gasteiger partial charge in [0, 0.05) is 6.61 Å². The molecular weight excluding hydrogens is 314 g/mol. The summed E-state index contributed by atoms with van der Waals surface area (Å²) in [5.41, 5.74) is 1.16. The summed E-state index contributed by atoms with van der Waals surface area (Å²) >= 11 is 0. The van der Waals surface area contributed by atoms with E-state index in [1.165, 1.54) is 6.33 Å². The first-order valence-electron chi connectivity index (χ1n) is 8.22. The summed E-state index contributed by atoms with van der Waals surface area (Å²) in [7, 11) is 0. The zero-order valence-corrected chi connectivity index (χ0v) is 13.4. The number of fused-ring (bicyclic) bond motifs is 1. The van der Waals surface area contributed by atoms with E-state index in [4.69, 9.17) is 9.47 Å². The van der Waals surface area contributed by atoms with Crippen molar-refractivity contribution in [2.45, 2.75) is 50.3 Å². The van der Waals surface area contributed by atoms with E-state index in [0.717, 1.165) is 13.0 Å². The Labute approximate surface area is 138 Å². The van der Waals surface area contributed by atoms with Crippen LogP contribution in [0.3, 0.4) is 0 Å². The van der Waals surface area contributed by atoms with E-state index < -0.39 is 24.5 Å². The molecule has 0 bridgehead atoms. The van der Waals surface area contributed by atoms with E-state index in [-0.39, 0.29) is 6.04 Å². The molecule has 2 aliphatic heterocycles. The Balaban J connectivity index is 1.65. The number of aliphatic hydroxyl groups is 2. The number of nitrogens with one attached hydrogen (secondary N) is 1. The van der Waals surface area contributed by atoms with E-state index in [9.17, 15) is 10.2 Å². The fourth-order valence-electron chi connectivity index (χ4n) is 3.28. The number of ether oxygens (including phenoxy) is 2. The average molecular weight is 335 g/mol. The van der Waals surface area contributed by atoms with Gasteiger partial charge in [-0.3, -0.25) is 4.57 Å². The molecule has 0 aromatic carbocycles. The van der Waals surface area contributed by atoms with Gasteiger partial charge >= 0.3 is 0 Å². The van der Waals surface area contributed by atoms with Crippen molar-refractivity contribution in [3.63, 3.8) is 0 Å². The summed E-state index contributed by atoms with van der Waals surface area (Å²) in [4.78, 5) is 12.9. The number of nitrogens with zero attached hydrogens (tertiary/aromatic N) is 4. The first-order valence-corrected chi connectivity index (χ1v) is 8.22. The monoisotopic (exact) mass is 335 g/mol. The lowest BCUT2D eigenvalue weighted by molar-refractivity contribution is -0.0355. The van der Waals surface area contributed by atoms with Crippen LogP contribution in [0.1, 0.15) is 26.0 Å². The van der Waals surface area contributed by atoms with Gasteiger partial charge in [-0.15, -0.1) is 0 Å². The molecule has 0 aliphatic carbocycles. The molecule has 130 valence electrons. The van der Waals surface area contributed by atoms with Crippen molar-refractivity contribution >= 4 is 17.0 Å². The van der Waals surface area contributed by atoms with Gasteiger partial charge in [-0.1, -0.05) is 6.92 Å². The van der Waals surface area contributed by atoms with Gasteiger partial charge in [0.05, 0.1) is 25.1 Å². The molecule has 5 atom stereocenters. The normalized spacial score (nSPS) is 33.4. The fraction of sp³-hybridized carbons (Fsp3) is 0.667. The predicted molar refractivity (Wildman–Crippen MR) is 84.4 cm³/mol. The maximum absolute atomic E-state index is 10.3. The lowest BCUT2D eigenvalue weighted by Gasteiger charge is -2.17. The fourth-order valence-corrected chi connectivity index (χ4v) is 3.28. The summed E-state index contributed by atoms with van der Waals surface area (Å²) in [5.74, 6) is 0.634. The number of aromatic nitrogens is 4. The van der Waals surface area contributed by atoms with Gasteiger partial charge in [-0.2, -0.15) is 0 Å². The molecule has 3 N–H and O–H groups in total. The molecule has 2 fully saturated rings. The lowest BCUT2D eigenvalue weighted by Crippen LogP contribution is -2.31. The molecule has 9 heteroatoms. The maximum atomic E-state index is 10.3. The number of rotatable bonds is 4. The number of hydrogen-bond donors (Lipinski definition) is 3. The number of anilines is 1. The highest BCUT2D eigenvalue weighted by Gasteiger charge is 2.43. The van der Waals surface area contributed by atoms with Crippen molar-refractivity contribution in [3.8, 4) is 0 Å². The Bertz CT molecular complexity index is 717. The first-order chi connectivity index (χ1) is 11.7. The van der Waals surface area contributed by atoms with Crippen LogP contribution < -0.4 is 5.32 Å². The first kappa shape index (κ1) is 15.7. The minimum absolute atomic E-state index is 0.202. The van der Waals surface area contributed by atoms with E-state index in [1.807, 2.05) is 6.92 Å². The van der Waals surface area contributed by atoms with Gasteiger partial charge < -0.3 is 25.0 Å². The molecule has 0 radical (unpaired) electrons. The van der Waals surface area contributed by atoms with Crippen LogP contribution in [0.25, 0.3) is 11.2 Å². The second-order valence-corrected chi connectivity index (χ2v) is 6.21. The van der Waals surface area contributed by atoms with E-state index in [0.29, 0.717) is 30.0 Å². The van der Waals surface area contributed by atoms with Crippen molar-refractivity contribution in [3.05, 3.63) is 12.7 Å². The highest BCUT2D eigenvalue weighted by atomic mass is 16.6. The minimum Gasteiger partial charge on any atom is -0.388 e. The van der Waals surface area contributed by atoms with Crippen molar-refractivity contribution in [1.29, 1.82) is 0 Å². The van der Waals surface area contributed by atoms with Crippen molar-refractivity contribution < 1.29 is 19.7 Å². The Kier molecular flexibility index (Phi) is 4.09. The molecule has 0 saturated carbocycles. The molecular formula is C15H21N5O4. The molecule has 9 nitrogen and oxygen atoms in total. The van der Waals surface area contributed by atoms with Crippen LogP contribution in [-0.4, -0.2) is 67.3 Å². The van der Waals surface area contributed by atoms with Crippen molar-refractivity contribution in [2.24, 2.45) is 0 Å². The molecule has 0 unspecified atom stereocenters. The summed E-state index contributed by atoms with van der Waals surface area (Å²) < 4.78 is 12.8. The molecule has 2 aromatic rings. The standard InChI is InChI=1S/C15H21N5O4/c1-2-9-11(21)12(22)15(24-9)20-7-18-10-13(16-6-17-14(10)20)19-8-3-4-23-5-8/h6-9,11-12,15,21-22H,2-5H2,1H3,(H,16,17,19)/t8-,9+,11+,12+,15+/m1/s1. The predicted octanol–water partition coefficient (Wildman–Crippen LogP) is 0.0563. The van der Waals surface area contributed by atoms with E-state index >= 15 is 0 Å². The average Bonchev–Trinajstić information content (AvgIpc) is 3.30. The lowest BCUT2D eigenvalue weighted by atomic mass is 10.1. The van der Waals surface area contributed by atoms with Gasteiger partial charge in [0.15, 0.2) is 23.2 Å². The van der Waals surface area contributed by atoms with Crippen LogP contribution in [0.2, 0.25) is 0 Å². The zero-order chi connectivity index (χ0) is 16.7. The van der Waals surface area contributed by atoms with E-state index in [2.05, 4.69) is 20.3 Å². The van der Waals surface area contributed by atoms with Crippen LogP contribution in [-0.2, 0) is 9.47 Å². The molecule has 0 amide bonds. The van der Waals surface area contributed by atoms with Gasteiger partial charge in [-0.05, 0) is 12.8 Å². The van der Waals surface area contributed by atoms with Crippen LogP contribution in [0, 0.1) is 0 Å². The van der Waals surface area contributed by atoms with Crippen LogP contribution in [0.5, 0.6) is 0 Å². The number of hydrogen-bond acceptors (Lipinski definition) is 8. The van der Waals surface area contributed by atoms with Gasteiger partial charge in [-0.25, -0.2) is 15.0 Å².